The van der Waals surface area contributed by atoms with E-state index in [2.05, 4.69) is 5.43 Å². The summed E-state index contributed by atoms with van der Waals surface area (Å²) in [5.41, 5.74) is 4.79. The van der Waals surface area contributed by atoms with Gasteiger partial charge in [0.2, 0.25) is 5.91 Å². The molecule has 126 valence electrons. The molecule has 1 aliphatic heterocycles. The first-order valence-electron chi connectivity index (χ1n) is 7.71. The molecule has 3 N–H and O–H groups in total. The first-order valence-corrected chi connectivity index (χ1v) is 7.71. The van der Waals surface area contributed by atoms with Gasteiger partial charge in [-0.15, -0.1) is 0 Å². The number of aromatic hydroxyl groups is 2. The average molecular weight is 328 g/mol. The second-order valence-corrected chi connectivity index (χ2v) is 5.84. The lowest BCUT2D eigenvalue weighted by Gasteiger charge is -2.23. The molecule has 0 aromatic heterocycles. The highest BCUT2D eigenvalue weighted by Gasteiger charge is 2.36. The second-order valence-electron chi connectivity index (χ2n) is 5.84. The molecule has 1 aliphatic rings. The smallest absolute Gasteiger partial charge is 0.234 e. The maximum absolute atomic E-state index is 12.0. The van der Waals surface area contributed by atoms with Crippen LogP contribution in [-0.2, 0) is 4.79 Å². The van der Waals surface area contributed by atoms with E-state index in [1.165, 1.54) is 19.1 Å². The molecule has 24 heavy (non-hydrogen) atoms. The Bertz CT molecular complexity index is 745. The van der Waals surface area contributed by atoms with E-state index in [9.17, 15) is 15.0 Å². The quantitative estimate of drug-likeness (QED) is 0.807. The van der Waals surface area contributed by atoms with Gasteiger partial charge in [0.15, 0.2) is 0 Å². The van der Waals surface area contributed by atoms with Crippen molar-refractivity contribution >= 4 is 5.91 Å². The number of carbonyl (C=O) groups is 1. The fourth-order valence-electron chi connectivity index (χ4n) is 3.08. The van der Waals surface area contributed by atoms with Crippen LogP contribution in [0.4, 0.5) is 0 Å². The van der Waals surface area contributed by atoms with Crippen LogP contribution in [0.5, 0.6) is 17.2 Å². The molecule has 0 spiro atoms. The van der Waals surface area contributed by atoms with Gasteiger partial charge in [0.1, 0.15) is 17.2 Å². The molecule has 1 saturated heterocycles. The van der Waals surface area contributed by atoms with Crippen LogP contribution >= 0.6 is 0 Å². The zero-order valence-electron chi connectivity index (χ0n) is 13.6. The average Bonchev–Trinajstić information content (AvgIpc) is 3.00. The predicted octanol–water partition coefficient (Wildman–Crippen LogP) is 2.65. The number of carbonyl (C=O) groups excluding carboxylic acids is 1. The van der Waals surface area contributed by atoms with Crippen LogP contribution in [-0.4, -0.2) is 28.2 Å². The zero-order chi connectivity index (χ0) is 17.3. The molecule has 0 radical (unpaired) electrons. The number of rotatable bonds is 3. The van der Waals surface area contributed by atoms with Crippen LogP contribution in [0.25, 0.3) is 0 Å². The number of benzene rings is 2. The second kappa shape index (κ2) is 6.41. The molecule has 1 fully saturated rings. The molecule has 2 unspecified atom stereocenters. The van der Waals surface area contributed by atoms with E-state index in [4.69, 9.17) is 4.74 Å². The number of phenols is 2. The number of hydrazine groups is 1. The summed E-state index contributed by atoms with van der Waals surface area (Å²) in [6, 6.07) is 11.7. The summed E-state index contributed by atoms with van der Waals surface area (Å²) in [5, 5.41) is 21.1. The summed E-state index contributed by atoms with van der Waals surface area (Å²) in [7, 11) is 1.61. The molecule has 2 atom stereocenters. The van der Waals surface area contributed by atoms with Gasteiger partial charge in [-0.05, 0) is 30.2 Å². The minimum atomic E-state index is -0.221. The van der Waals surface area contributed by atoms with Crippen molar-refractivity contribution in [3.05, 3.63) is 53.6 Å². The summed E-state index contributed by atoms with van der Waals surface area (Å²) >= 11 is 0. The van der Waals surface area contributed by atoms with Crippen LogP contribution < -0.4 is 10.2 Å². The van der Waals surface area contributed by atoms with Gasteiger partial charge in [0.25, 0.3) is 0 Å². The molecule has 2 aromatic rings. The summed E-state index contributed by atoms with van der Waals surface area (Å²) in [6.45, 7) is 1.50. The van der Waals surface area contributed by atoms with E-state index >= 15 is 0 Å². The third-order valence-electron chi connectivity index (χ3n) is 4.29. The highest BCUT2D eigenvalue weighted by Crippen LogP contribution is 2.40. The molecule has 6 nitrogen and oxygen atoms in total. The Morgan fingerprint density at radius 2 is 1.92 bits per heavy atom. The normalized spacial score (nSPS) is 20.2. The van der Waals surface area contributed by atoms with Gasteiger partial charge in [0, 0.05) is 18.6 Å². The Morgan fingerprint density at radius 3 is 2.50 bits per heavy atom. The van der Waals surface area contributed by atoms with E-state index in [1.807, 2.05) is 24.3 Å². The SMILES string of the molecule is COc1ccc(C2CC(c3ccc(O)cc3O)NN2C(C)=O)cc1. The first-order chi connectivity index (χ1) is 11.5. The lowest BCUT2D eigenvalue weighted by Crippen LogP contribution is -2.37. The summed E-state index contributed by atoms with van der Waals surface area (Å²) in [6.07, 6.45) is 0.615. The minimum Gasteiger partial charge on any atom is -0.508 e. The molecule has 6 heteroatoms. The molecule has 1 amide bonds. The van der Waals surface area contributed by atoms with Gasteiger partial charge in [0.05, 0.1) is 19.2 Å². The Kier molecular flexibility index (Phi) is 4.31. The van der Waals surface area contributed by atoms with Crippen molar-refractivity contribution in [1.82, 2.24) is 10.4 Å². The molecule has 3 rings (SSSR count). The van der Waals surface area contributed by atoms with Gasteiger partial charge >= 0.3 is 0 Å². The van der Waals surface area contributed by atoms with Crippen molar-refractivity contribution in [3.63, 3.8) is 0 Å². The summed E-state index contributed by atoms with van der Waals surface area (Å²) in [5.74, 6) is 0.666. The van der Waals surface area contributed by atoms with Crippen LogP contribution in [0.1, 0.15) is 36.6 Å². The highest BCUT2D eigenvalue weighted by atomic mass is 16.5. The molecule has 0 bridgehead atoms. The fourth-order valence-corrected chi connectivity index (χ4v) is 3.08. The van der Waals surface area contributed by atoms with Gasteiger partial charge in [-0.1, -0.05) is 18.2 Å². The number of methoxy groups -OCH3 is 1. The molecule has 2 aromatic carbocycles. The molecular formula is C18H20N2O4. The van der Waals surface area contributed by atoms with Crippen molar-refractivity contribution in [3.8, 4) is 17.2 Å². The third kappa shape index (κ3) is 3.00. The van der Waals surface area contributed by atoms with Crippen molar-refractivity contribution in [2.45, 2.75) is 25.4 Å². The lowest BCUT2D eigenvalue weighted by atomic mass is 9.96. The van der Waals surface area contributed by atoms with Gasteiger partial charge in [-0.25, -0.2) is 5.43 Å². The van der Waals surface area contributed by atoms with Crippen molar-refractivity contribution in [2.24, 2.45) is 0 Å². The minimum absolute atomic E-state index is 0.00405. The van der Waals surface area contributed by atoms with Crippen LogP contribution in [0.15, 0.2) is 42.5 Å². The number of amides is 1. The Labute approximate surface area is 140 Å². The number of ether oxygens (including phenoxy) is 1. The number of nitrogens with one attached hydrogen (secondary N) is 1. The Morgan fingerprint density at radius 1 is 1.21 bits per heavy atom. The van der Waals surface area contributed by atoms with E-state index in [-0.39, 0.29) is 29.5 Å². The van der Waals surface area contributed by atoms with Crippen LogP contribution in [0.3, 0.4) is 0 Å². The monoisotopic (exact) mass is 328 g/mol. The Balaban J connectivity index is 1.90. The number of nitrogens with zero attached hydrogens (tertiary/aromatic N) is 1. The molecular weight excluding hydrogens is 308 g/mol. The lowest BCUT2D eigenvalue weighted by molar-refractivity contribution is -0.132. The zero-order valence-corrected chi connectivity index (χ0v) is 13.6. The maximum Gasteiger partial charge on any atom is 0.234 e. The third-order valence-corrected chi connectivity index (χ3v) is 4.29. The highest BCUT2D eigenvalue weighted by molar-refractivity contribution is 5.73. The molecule has 0 saturated carbocycles. The van der Waals surface area contributed by atoms with E-state index in [0.717, 1.165) is 11.3 Å². The van der Waals surface area contributed by atoms with E-state index in [0.29, 0.717) is 12.0 Å². The largest absolute Gasteiger partial charge is 0.508 e. The summed E-state index contributed by atoms with van der Waals surface area (Å²) < 4.78 is 5.17. The topological polar surface area (TPSA) is 82.0 Å². The van der Waals surface area contributed by atoms with E-state index < -0.39 is 0 Å². The number of phenolic OH excluding ortho intramolecular Hbond substituents is 2. The van der Waals surface area contributed by atoms with Crippen molar-refractivity contribution in [2.75, 3.05) is 7.11 Å². The molecule has 0 aliphatic carbocycles. The predicted molar refractivity (Wildman–Crippen MR) is 88.5 cm³/mol. The maximum atomic E-state index is 12.0. The fraction of sp³-hybridized carbons (Fsp3) is 0.278. The first kappa shape index (κ1) is 16.1. The van der Waals surface area contributed by atoms with Gasteiger partial charge < -0.3 is 14.9 Å². The van der Waals surface area contributed by atoms with Gasteiger partial charge in [-0.2, -0.15) is 0 Å². The number of hydrogen-bond acceptors (Lipinski definition) is 5. The van der Waals surface area contributed by atoms with E-state index in [1.54, 1.807) is 18.2 Å². The summed E-state index contributed by atoms with van der Waals surface area (Å²) in [4.78, 5) is 12.0. The molecule has 1 heterocycles. The van der Waals surface area contributed by atoms with Crippen molar-refractivity contribution < 1.29 is 19.7 Å². The standard InChI is InChI=1S/C18H20N2O4/c1-11(21)20-17(12-3-6-14(24-2)7-4-12)10-16(19-20)15-8-5-13(22)9-18(15)23/h3-9,16-17,19,22-23H,10H2,1-2H3. The van der Waals surface area contributed by atoms with Crippen LogP contribution in [0, 0.1) is 0 Å². The van der Waals surface area contributed by atoms with Crippen LogP contribution in [0.2, 0.25) is 0 Å². The van der Waals surface area contributed by atoms with Gasteiger partial charge in [-0.3, -0.25) is 9.80 Å². The Hall–Kier alpha value is -2.73. The van der Waals surface area contributed by atoms with Crippen molar-refractivity contribution in [1.29, 1.82) is 0 Å². The number of hydrogen-bond donors (Lipinski definition) is 3.